The standard InChI is InChI=1S/C21H21N3O6S/c1-30-18-9-8-14(31(28,29)23-13-6-7-13)12-17(18)22-19(25)10-11-24-20(26)15-4-2-3-5-16(15)21(24)27/h2-5,8-9,12-13,23H,6-7,10-11H2,1H3,(H,22,25). The molecule has 0 spiro atoms. The van der Waals surface area contributed by atoms with Gasteiger partial charge in [-0.15, -0.1) is 0 Å². The largest absolute Gasteiger partial charge is 0.495 e. The van der Waals surface area contributed by atoms with Crippen molar-refractivity contribution in [1.29, 1.82) is 0 Å². The molecule has 31 heavy (non-hydrogen) atoms. The van der Waals surface area contributed by atoms with E-state index < -0.39 is 27.7 Å². The number of fused-ring (bicyclic) bond motifs is 1. The number of benzene rings is 2. The highest BCUT2D eigenvalue weighted by atomic mass is 32.2. The van der Waals surface area contributed by atoms with Crippen LogP contribution in [0.25, 0.3) is 0 Å². The maximum Gasteiger partial charge on any atom is 0.261 e. The van der Waals surface area contributed by atoms with Gasteiger partial charge < -0.3 is 10.1 Å². The highest BCUT2D eigenvalue weighted by Gasteiger charge is 2.35. The topological polar surface area (TPSA) is 122 Å². The van der Waals surface area contributed by atoms with E-state index in [0.29, 0.717) is 16.9 Å². The van der Waals surface area contributed by atoms with Gasteiger partial charge in [-0.2, -0.15) is 0 Å². The Morgan fingerprint density at radius 3 is 2.32 bits per heavy atom. The van der Waals surface area contributed by atoms with Crippen molar-refractivity contribution in [2.45, 2.75) is 30.2 Å². The molecule has 1 fully saturated rings. The fourth-order valence-corrected chi connectivity index (χ4v) is 4.64. The molecule has 3 amide bonds. The van der Waals surface area contributed by atoms with Crippen LogP contribution in [0.15, 0.2) is 47.4 Å². The maximum atomic E-state index is 12.5. The van der Waals surface area contributed by atoms with E-state index >= 15 is 0 Å². The minimum Gasteiger partial charge on any atom is -0.495 e. The number of ether oxygens (including phenoxy) is 1. The molecule has 2 aromatic carbocycles. The number of carbonyl (C=O) groups is 3. The van der Waals surface area contributed by atoms with Crippen LogP contribution in [0.4, 0.5) is 5.69 Å². The van der Waals surface area contributed by atoms with Crippen molar-refractivity contribution in [2.75, 3.05) is 19.0 Å². The van der Waals surface area contributed by atoms with Gasteiger partial charge in [0.05, 0.1) is 28.8 Å². The lowest BCUT2D eigenvalue weighted by Gasteiger charge is -2.15. The lowest BCUT2D eigenvalue weighted by atomic mass is 10.1. The molecule has 162 valence electrons. The average molecular weight is 443 g/mol. The van der Waals surface area contributed by atoms with Gasteiger partial charge in [-0.3, -0.25) is 19.3 Å². The van der Waals surface area contributed by atoms with Crippen molar-refractivity contribution in [1.82, 2.24) is 9.62 Å². The molecule has 1 heterocycles. The number of anilines is 1. The summed E-state index contributed by atoms with van der Waals surface area (Å²) in [5.41, 5.74) is 0.819. The molecule has 0 unspecified atom stereocenters. The van der Waals surface area contributed by atoms with E-state index in [1.54, 1.807) is 24.3 Å². The third-order valence-electron chi connectivity index (χ3n) is 5.10. The number of methoxy groups -OCH3 is 1. The molecular formula is C21H21N3O6S. The summed E-state index contributed by atoms with van der Waals surface area (Å²) in [6, 6.07) is 10.6. The van der Waals surface area contributed by atoms with Crippen LogP contribution in [0.3, 0.4) is 0 Å². The van der Waals surface area contributed by atoms with Crippen LogP contribution in [0.2, 0.25) is 0 Å². The van der Waals surface area contributed by atoms with Crippen LogP contribution in [-0.2, 0) is 14.8 Å². The van der Waals surface area contributed by atoms with Crippen molar-refractivity contribution in [3.05, 3.63) is 53.6 Å². The Morgan fingerprint density at radius 1 is 1.10 bits per heavy atom. The fraction of sp³-hybridized carbons (Fsp3) is 0.286. The first-order valence-corrected chi connectivity index (χ1v) is 11.2. The molecule has 10 heteroatoms. The summed E-state index contributed by atoms with van der Waals surface area (Å²) in [4.78, 5) is 38.3. The van der Waals surface area contributed by atoms with Crippen LogP contribution in [-0.4, -0.2) is 50.7 Å². The van der Waals surface area contributed by atoms with E-state index in [4.69, 9.17) is 4.74 Å². The van der Waals surface area contributed by atoms with Crippen LogP contribution in [0, 0.1) is 0 Å². The molecule has 2 N–H and O–H groups in total. The van der Waals surface area contributed by atoms with Gasteiger partial charge in [0, 0.05) is 19.0 Å². The number of nitrogens with zero attached hydrogens (tertiary/aromatic N) is 1. The Hall–Kier alpha value is -3.24. The Bertz CT molecular complexity index is 1140. The monoisotopic (exact) mass is 443 g/mol. The van der Waals surface area contributed by atoms with Crippen LogP contribution in [0.5, 0.6) is 5.75 Å². The van der Waals surface area contributed by atoms with Crippen LogP contribution >= 0.6 is 0 Å². The van der Waals surface area contributed by atoms with Crippen LogP contribution < -0.4 is 14.8 Å². The second-order valence-electron chi connectivity index (χ2n) is 7.36. The van der Waals surface area contributed by atoms with Crippen molar-refractivity contribution >= 4 is 33.4 Å². The van der Waals surface area contributed by atoms with E-state index in [9.17, 15) is 22.8 Å². The second kappa shape index (κ2) is 8.12. The van der Waals surface area contributed by atoms with E-state index in [2.05, 4.69) is 10.0 Å². The van der Waals surface area contributed by atoms with Crippen molar-refractivity contribution < 1.29 is 27.5 Å². The third kappa shape index (κ3) is 4.30. The van der Waals surface area contributed by atoms with E-state index in [1.165, 1.54) is 25.3 Å². The minimum atomic E-state index is -3.71. The van der Waals surface area contributed by atoms with Gasteiger partial charge in [0.25, 0.3) is 11.8 Å². The summed E-state index contributed by atoms with van der Waals surface area (Å²) in [6.45, 7) is -0.0955. The van der Waals surface area contributed by atoms with Gasteiger partial charge in [-0.05, 0) is 43.2 Å². The quantitative estimate of drug-likeness (QED) is 0.600. The average Bonchev–Trinajstić information content (AvgIpc) is 3.52. The van der Waals surface area contributed by atoms with E-state index in [1.807, 2.05) is 0 Å². The first kappa shape index (κ1) is 21.0. The molecule has 0 aromatic heterocycles. The molecule has 0 atom stereocenters. The third-order valence-corrected chi connectivity index (χ3v) is 6.61. The number of imide groups is 1. The number of rotatable bonds is 8. The zero-order valence-electron chi connectivity index (χ0n) is 16.8. The molecule has 0 bridgehead atoms. The predicted octanol–water partition coefficient (Wildman–Crippen LogP) is 1.76. The summed E-state index contributed by atoms with van der Waals surface area (Å²) in [6.07, 6.45) is 1.46. The second-order valence-corrected chi connectivity index (χ2v) is 9.08. The number of hydrogen-bond donors (Lipinski definition) is 2. The molecule has 0 saturated heterocycles. The van der Waals surface area contributed by atoms with Gasteiger partial charge in [-0.25, -0.2) is 13.1 Å². The molecule has 2 aliphatic rings. The first-order valence-electron chi connectivity index (χ1n) is 9.75. The van der Waals surface area contributed by atoms with Crippen molar-refractivity contribution in [2.24, 2.45) is 0 Å². The highest BCUT2D eigenvalue weighted by molar-refractivity contribution is 7.89. The Labute approximate surface area is 179 Å². The van der Waals surface area contributed by atoms with Crippen LogP contribution in [0.1, 0.15) is 40.0 Å². The summed E-state index contributed by atoms with van der Waals surface area (Å²) in [5.74, 6) is -1.07. The van der Waals surface area contributed by atoms with Gasteiger partial charge >= 0.3 is 0 Å². The molecule has 1 saturated carbocycles. The van der Waals surface area contributed by atoms with E-state index in [-0.39, 0.29) is 29.6 Å². The van der Waals surface area contributed by atoms with Crippen molar-refractivity contribution in [3.63, 3.8) is 0 Å². The molecule has 4 rings (SSSR count). The Morgan fingerprint density at radius 2 is 1.74 bits per heavy atom. The van der Waals surface area contributed by atoms with E-state index in [0.717, 1.165) is 17.7 Å². The molecule has 9 nitrogen and oxygen atoms in total. The molecule has 0 radical (unpaired) electrons. The summed E-state index contributed by atoms with van der Waals surface area (Å²) >= 11 is 0. The Kier molecular flexibility index (Phi) is 5.50. The highest BCUT2D eigenvalue weighted by Crippen LogP contribution is 2.29. The number of hydrogen-bond acceptors (Lipinski definition) is 6. The number of amides is 3. The summed E-state index contributed by atoms with van der Waals surface area (Å²) in [5, 5.41) is 2.61. The van der Waals surface area contributed by atoms with Crippen molar-refractivity contribution in [3.8, 4) is 5.75 Å². The Balaban J connectivity index is 1.44. The minimum absolute atomic E-state index is 0.0100. The van der Waals surface area contributed by atoms with Gasteiger partial charge in [-0.1, -0.05) is 12.1 Å². The van der Waals surface area contributed by atoms with Gasteiger partial charge in [0.15, 0.2) is 0 Å². The lowest BCUT2D eigenvalue weighted by Crippen LogP contribution is -2.33. The van der Waals surface area contributed by atoms with Gasteiger partial charge in [0.1, 0.15) is 5.75 Å². The molecule has 1 aliphatic carbocycles. The zero-order chi connectivity index (χ0) is 22.2. The maximum absolute atomic E-state index is 12.5. The fourth-order valence-electron chi connectivity index (χ4n) is 3.31. The zero-order valence-corrected chi connectivity index (χ0v) is 17.6. The molecule has 2 aromatic rings. The van der Waals surface area contributed by atoms with Gasteiger partial charge in [0.2, 0.25) is 15.9 Å². The molecular weight excluding hydrogens is 422 g/mol. The number of nitrogens with one attached hydrogen (secondary N) is 2. The smallest absolute Gasteiger partial charge is 0.261 e. The summed E-state index contributed by atoms with van der Waals surface area (Å²) in [7, 11) is -2.30. The SMILES string of the molecule is COc1ccc(S(=O)(=O)NC2CC2)cc1NC(=O)CCN1C(=O)c2ccccc2C1=O. The summed E-state index contributed by atoms with van der Waals surface area (Å²) < 4.78 is 32.7. The number of sulfonamides is 1. The first-order chi connectivity index (χ1) is 14.8. The normalized spacial score (nSPS) is 15.7. The predicted molar refractivity (Wildman–Crippen MR) is 111 cm³/mol. The molecule has 1 aliphatic heterocycles. The number of carbonyl (C=O) groups excluding carboxylic acids is 3. The lowest BCUT2D eigenvalue weighted by molar-refractivity contribution is -0.116.